The largest absolute Gasteiger partial charge is 0.320 e. The standard InChI is InChI=1S/C10H19N.C2H6.H2/c1-10(2)8-6-4-3-5-7-9-11;1-2;/h10H,3-4,6,8-9,11H2,1-2H3;1-2H3;1H. The first-order valence-electron chi connectivity index (χ1n) is 5.43. The minimum atomic E-state index is 0. The second kappa shape index (κ2) is 14.1. The van der Waals surface area contributed by atoms with E-state index >= 15 is 0 Å². The molecule has 1 nitrogen and oxygen atoms in total. The number of unbranched alkanes of at least 4 members (excludes halogenated alkanes) is 2. The fourth-order valence-electron chi connectivity index (χ4n) is 0.927. The average molecular weight is 185 g/mol. The van der Waals surface area contributed by atoms with Crippen molar-refractivity contribution in [3.63, 3.8) is 0 Å². The van der Waals surface area contributed by atoms with Crippen molar-refractivity contribution in [2.45, 2.75) is 53.4 Å². The monoisotopic (exact) mass is 185 g/mol. The van der Waals surface area contributed by atoms with Gasteiger partial charge in [0.05, 0.1) is 6.54 Å². The molecule has 0 aromatic carbocycles. The van der Waals surface area contributed by atoms with Gasteiger partial charge >= 0.3 is 0 Å². The Kier molecular flexibility index (Phi) is 16.2. The Bertz CT molecular complexity index is 133. The molecule has 13 heavy (non-hydrogen) atoms. The Morgan fingerprint density at radius 2 is 1.77 bits per heavy atom. The maximum atomic E-state index is 5.22. The maximum Gasteiger partial charge on any atom is 0.0551 e. The summed E-state index contributed by atoms with van der Waals surface area (Å²) in [6, 6.07) is 0. The summed E-state index contributed by atoms with van der Waals surface area (Å²) < 4.78 is 0. The molecule has 0 aromatic heterocycles. The first-order valence-corrected chi connectivity index (χ1v) is 5.43. The third kappa shape index (κ3) is 18.5. The highest BCUT2D eigenvalue weighted by atomic mass is 14.5. The van der Waals surface area contributed by atoms with E-state index in [2.05, 4.69) is 25.7 Å². The minimum absolute atomic E-state index is 0. The van der Waals surface area contributed by atoms with Gasteiger partial charge in [0.25, 0.3) is 0 Å². The first kappa shape index (κ1) is 15.0. The topological polar surface area (TPSA) is 26.0 Å². The predicted octanol–water partition coefficient (Wildman–Crippen LogP) is 3.44. The summed E-state index contributed by atoms with van der Waals surface area (Å²) >= 11 is 0. The molecule has 0 heterocycles. The summed E-state index contributed by atoms with van der Waals surface area (Å²) in [5.41, 5.74) is 5.22. The van der Waals surface area contributed by atoms with Crippen LogP contribution < -0.4 is 5.73 Å². The normalized spacial score (nSPS) is 8.46. The molecule has 80 valence electrons. The van der Waals surface area contributed by atoms with Gasteiger partial charge in [-0.25, -0.2) is 0 Å². The third-order valence-electron chi connectivity index (χ3n) is 1.56. The van der Waals surface area contributed by atoms with Crippen molar-refractivity contribution in [2.75, 3.05) is 6.54 Å². The van der Waals surface area contributed by atoms with Crippen LogP contribution in [0.5, 0.6) is 0 Å². The highest BCUT2D eigenvalue weighted by Crippen LogP contribution is 2.06. The van der Waals surface area contributed by atoms with E-state index in [0.29, 0.717) is 6.54 Å². The molecule has 0 rings (SSSR count). The molecule has 0 bridgehead atoms. The molecule has 2 N–H and O–H groups in total. The predicted molar refractivity (Wildman–Crippen MR) is 63.6 cm³/mol. The summed E-state index contributed by atoms with van der Waals surface area (Å²) in [4.78, 5) is 0. The molecule has 1 heteroatoms. The number of nitrogens with two attached hydrogens (primary N) is 1. The number of rotatable bonds is 4. The zero-order valence-electron chi connectivity index (χ0n) is 9.69. The highest BCUT2D eigenvalue weighted by molar-refractivity contribution is 4.99. The van der Waals surface area contributed by atoms with Crippen LogP contribution in [0.25, 0.3) is 0 Å². The lowest BCUT2D eigenvalue weighted by molar-refractivity contribution is 0.542. The summed E-state index contributed by atoms with van der Waals surface area (Å²) in [7, 11) is 0. The molecule has 0 aliphatic heterocycles. The molecule has 0 spiro atoms. The van der Waals surface area contributed by atoms with Crippen LogP contribution in [0.1, 0.15) is 54.8 Å². The van der Waals surface area contributed by atoms with Crippen molar-refractivity contribution in [2.24, 2.45) is 11.7 Å². The number of hydrogen-bond donors (Lipinski definition) is 1. The molecule has 0 saturated heterocycles. The molecule has 0 aliphatic rings. The fourth-order valence-corrected chi connectivity index (χ4v) is 0.927. The van der Waals surface area contributed by atoms with Crippen molar-refractivity contribution in [3.8, 4) is 11.8 Å². The van der Waals surface area contributed by atoms with E-state index in [1.54, 1.807) is 0 Å². The van der Waals surface area contributed by atoms with E-state index in [1.165, 1.54) is 19.3 Å². The molecule has 0 aliphatic carbocycles. The van der Waals surface area contributed by atoms with Crippen LogP contribution in [-0.4, -0.2) is 6.54 Å². The Morgan fingerprint density at radius 1 is 1.15 bits per heavy atom. The van der Waals surface area contributed by atoms with Crippen molar-refractivity contribution in [3.05, 3.63) is 0 Å². The van der Waals surface area contributed by atoms with Crippen molar-refractivity contribution in [1.29, 1.82) is 0 Å². The first-order chi connectivity index (χ1) is 6.27. The van der Waals surface area contributed by atoms with Gasteiger partial charge in [0.15, 0.2) is 0 Å². The van der Waals surface area contributed by atoms with E-state index < -0.39 is 0 Å². The third-order valence-corrected chi connectivity index (χ3v) is 1.56. The minimum Gasteiger partial charge on any atom is -0.320 e. The lowest BCUT2D eigenvalue weighted by Crippen LogP contribution is -1.92. The highest BCUT2D eigenvalue weighted by Gasteiger charge is 1.91. The zero-order valence-corrected chi connectivity index (χ0v) is 9.69. The maximum absolute atomic E-state index is 5.22. The van der Waals surface area contributed by atoms with Crippen LogP contribution in [0.2, 0.25) is 0 Å². The van der Waals surface area contributed by atoms with Crippen molar-refractivity contribution >= 4 is 0 Å². The lowest BCUT2D eigenvalue weighted by Gasteiger charge is -2.00. The van der Waals surface area contributed by atoms with Gasteiger partial charge in [-0.05, 0) is 12.3 Å². The zero-order chi connectivity index (χ0) is 10.5. The van der Waals surface area contributed by atoms with Crippen LogP contribution in [0.15, 0.2) is 0 Å². The summed E-state index contributed by atoms with van der Waals surface area (Å²) in [6.07, 6.45) is 4.87. The van der Waals surface area contributed by atoms with E-state index in [-0.39, 0.29) is 1.43 Å². The molecule has 0 unspecified atom stereocenters. The fraction of sp³-hybridized carbons (Fsp3) is 0.833. The van der Waals surface area contributed by atoms with Gasteiger partial charge in [0.1, 0.15) is 0 Å². The molecule has 0 radical (unpaired) electrons. The van der Waals surface area contributed by atoms with Crippen molar-refractivity contribution < 1.29 is 1.43 Å². The number of hydrogen-bond acceptors (Lipinski definition) is 1. The lowest BCUT2D eigenvalue weighted by atomic mass is 10.1. The molecule has 0 atom stereocenters. The SMILES string of the molecule is CC.CC(C)CCCCC#CCN.[HH]. The van der Waals surface area contributed by atoms with Crippen LogP contribution in [0.3, 0.4) is 0 Å². The Hall–Kier alpha value is -0.480. The Balaban J connectivity index is -0.000000376. The van der Waals surface area contributed by atoms with Gasteiger partial charge in [-0.1, -0.05) is 46.5 Å². The molecule has 0 fully saturated rings. The van der Waals surface area contributed by atoms with Crippen LogP contribution in [0.4, 0.5) is 0 Å². The van der Waals surface area contributed by atoms with Crippen LogP contribution in [0, 0.1) is 17.8 Å². The quantitative estimate of drug-likeness (QED) is 0.527. The Morgan fingerprint density at radius 3 is 2.23 bits per heavy atom. The van der Waals surface area contributed by atoms with E-state index in [9.17, 15) is 0 Å². The Labute approximate surface area is 85.6 Å². The van der Waals surface area contributed by atoms with E-state index in [1.807, 2.05) is 13.8 Å². The summed E-state index contributed by atoms with van der Waals surface area (Å²) in [5, 5.41) is 0. The van der Waals surface area contributed by atoms with Gasteiger partial charge in [0.2, 0.25) is 0 Å². The summed E-state index contributed by atoms with van der Waals surface area (Å²) in [5.74, 6) is 6.73. The van der Waals surface area contributed by atoms with Crippen LogP contribution in [-0.2, 0) is 0 Å². The molecular formula is C12H27N. The van der Waals surface area contributed by atoms with Crippen molar-refractivity contribution in [1.82, 2.24) is 0 Å². The smallest absolute Gasteiger partial charge is 0.0551 e. The second-order valence-electron chi connectivity index (χ2n) is 3.20. The molecule has 0 amide bonds. The van der Waals surface area contributed by atoms with Gasteiger partial charge in [0, 0.05) is 7.85 Å². The van der Waals surface area contributed by atoms with Gasteiger partial charge in [-0.2, -0.15) is 0 Å². The second-order valence-corrected chi connectivity index (χ2v) is 3.20. The molecular weight excluding hydrogens is 158 g/mol. The van der Waals surface area contributed by atoms with E-state index in [4.69, 9.17) is 5.73 Å². The van der Waals surface area contributed by atoms with Gasteiger partial charge in [-0.3, -0.25) is 0 Å². The van der Waals surface area contributed by atoms with E-state index in [0.717, 1.165) is 12.3 Å². The molecule has 0 aromatic rings. The summed E-state index contributed by atoms with van der Waals surface area (Å²) in [6.45, 7) is 9.02. The van der Waals surface area contributed by atoms with Gasteiger partial charge < -0.3 is 5.73 Å². The average Bonchev–Trinajstić information content (AvgIpc) is 2.14. The molecule has 0 saturated carbocycles. The van der Waals surface area contributed by atoms with Gasteiger partial charge in [-0.15, -0.1) is 5.92 Å². The van der Waals surface area contributed by atoms with Crippen LogP contribution >= 0.6 is 0 Å².